The Hall–Kier alpha value is -2.45. The van der Waals surface area contributed by atoms with Gasteiger partial charge in [-0.05, 0) is 30.3 Å². The van der Waals surface area contributed by atoms with Gasteiger partial charge in [0.05, 0.1) is 4.90 Å². The van der Waals surface area contributed by atoms with Gasteiger partial charge in [0.1, 0.15) is 5.82 Å². The van der Waals surface area contributed by atoms with Gasteiger partial charge in [-0.15, -0.1) is 0 Å². The fraction of sp³-hybridized carbons (Fsp3) is 0. The zero-order valence-corrected chi connectivity index (χ0v) is 11.0. The van der Waals surface area contributed by atoms with Crippen LogP contribution in [0.15, 0.2) is 53.6 Å². The highest BCUT2D eigenvalue weighted by Crippen LogP contribution is 2.15. The maximum absolute atomic E-state index is 11.7. The second-order valence-electron chi connectivity index (χ2n) is 3.80. The van der Waals surface area contributed by atoms with E-state index < -0.39 is 16.1 Å². The number of anilines is 2. The van der Waals surface area contributed by atoms with Gasteiger partial charge in [-0.3, -0.25) is 9.87 Å². The molecule has 0 radical (unpaired) electrons. The number of hydrogen-bond donors (Lipinski definition) is 3. The average molecular weight is 293 g/mol. The number of carbonyl (C=O) groups excluding carboxylic acids is 1. The number of hydrogen-bond acceptors (Lipinski definition) is 4. The lowest BCUT2D eigenvalue weighted by atomic mass is 10.3. The Morgan fingerprint density at radius 1 is 1.10 bits per heavy atom. The molecule has 3 N–H and O–H groups in total. The van der Waals surface area contributed by atoms with Crippen LogP contribution in [0.25, 0.3) is 0 Å². The molecule has 1 aromatic carbocycles. The number of nitrogens with one attached hydrogen (secondary N) is 2. The normalized spacial score (nSPS) is 10.8. The largest absolute Gasteiger partial charge is 0.324 e. The molecule has 104 valence electrons. The Bertz CT molecular complexity index is 716. The molecule has 1 heterocycles. The van der Waals surface area contributed by atoms with E-state index in [2.05, 4.69) is 15.6 Å². The van der Waals surface area contributed by atoms with E-state index >= 15 is 0 Å². The summed E-state index contributed by atoms with van der Waals surface area (Å²) in [5, 5.41) is 4.91. The predicted molar refractivity (Wildman–Crippen MR) is 73.1 cm³/mol. The summed E-state index contributed by atoms with van der Waals surface area (Å²) >= 11 is 0. The molecule has 0 fully saturated rings. The second-order valence-corrected chi connectivity index (χ2v) is 5.22. The maximum atomic E-state index is 11.7. The van der Waals surface area contributed by atoms with E-state index in [1.807, 2.05) is 0 Å². The summed E-state index contributed by atoms with van der Waals surface area (Å²) in [5.41, 5.74) is 0.230. The number of pyridine rings is 1. The van der Waals surface area contributed by atoms with Crippen molar-refractivity contribution in [2.75, 3.05) is 10.6 Å². The number of aromatic nitrogens is 1. The van der Waals surface area contributed by atoms with Gasteiger partial charge in [0, 0.05) is 11.9 Å². The van der Waals surface area contributed by atoms with Crippen LogP contribution in [0.2, 0.25) is 0 Å². The highest BCUT2D eigenvalue weighted by atomic mass is 32.2. The third kappa shape index (κ3) is 3.77. The molecule has 20 heavy (non-hydrogen) atoms. The Kier molecular flexibility index (Phi) is 3.97. The first-order valence-corrected chi connectivity index (χ1v) is 6.96. The molecule has 8 heteroatoms. The van der Waals surface area contributed by atoms with Gasteiger partial charge < -0.3 is 5.32 Å². The SMILES string of the molecule is O=C(Nc1cccc(S(=O)(=O)O)c1)Nc1ccccn1. The Morgan fingerprint density at radius 3 is 2.55 bits per heavy atom. The van der Waals surface area contributed by atoms with Crippen molar-refractivity contribution in [2.45, 2.75) is 4.90 Å². The smallest absolute Gasteiger partial charge is 0.308 e. The molecule has 0 aliphatic rings. The minimum absolute atomic E-state index is 0.230. The Labute approximate surface area is 115 Å². The third-order valence-electron chi connectivity index (χ3n) is 2.30. The number of urea groups is 1. The van der Waals surface area contributed by atoms with Gasteiger partial charge in [-0.1, -0.05) is 12.1 Å². The Morgan fingerprint density at radius 2 is 1.90 bits per heavy atom. The van der Waals surface area contributed by atoms with Crippen molar-refractivity contribution in [1.29, 1.82) is 0 Å². The van der Waals surface area contributed by atoms with Gasteiger partial charge in [0.25, 0.3) is 10.1 Å². The summed E-state index contributed by atoms with van der Waals surface area (Å²) in [6.45, 7) is 0. The minimum atomic E-state index is -4.30. The van der Waals surface area contributed by atoms with E-state index in [4.69, 9.17) is 4.55 Å². The number of carbonyl (C=O) groups is 1. The summed E-state index contributed by atoms with van der Waals surface area (Å²) in [6.07, 6.45) is 1.52. The minimum Gasteiger partial charge on any atom is -0.308 e. The quantitative estimate of drug-likeness (QED) is 0.750. The summed E-state index contributed by atoms with van der Waals surface area (Å²) in [4.78, 5) is 15.3. The topological polar surface area (TPSA) is 108 Å². The van der Waals surface area contributed by atoms with Crippen molar-refractivity contribution in [3.05, 3.63) is 48.7 Å². The zero-order valence-electron chi connectivity index (χ0n) is 10.1. The lowest BCUT2D eigenvalue weighted by molar-refractivity contribution is 0.262. The van der Waals surface area contributed by atoms with E-state index in [1.54, 1.807) is 18.2 Å². The standard InChI is InChI=1S/C12H11N3O4S/c16-12(15-11-6-1-2-7-13-11)14-9-4-3-5-10(8-9)20(17,18)19/h1-8H,(H,17,18,19)(H2,13,14,15,16). The van der Waals surface area contributed by atoms with Crippen LogP contribution in [0, 0.1) is 0 Å². The molecule has 0 bridgehead atoms. The van der Waals surface area contributed by atoms with Crippen LogP contribution in [0.3, 0.4) is 0 Å². The van der Waals surface area contributed by atoms with Crippen LogP contribution >= 0.6 is 0 Å². The van der Waals surface area contributed by atoms with E-state index in [0.29, 0.717) is 5.82 Å². The molecule has 2 amide bonds. The molecule has 0 aliphatic carbocycles. The highest BCUT2D eigenvalue weighted by molar-refractivity contribution is 7.85. The van der Waals surface area contributed by atoms with Gasteiger partial charge in [0.15, 0.2) is 0 Å². The molecule has 0 aliphatic heterocycles. The Balaban J connectivity index is 2.09. The molecule has 0 saturated carbocycles. The van der Waals surface area contributed by atoms with Crippen molar-refractivity contribution in [1.82, 2.24) is 4.98 Å². The summed E-state index contributed by atoms with van der Waals surface area (Å²) in [6, 6.07) is 9.71. The van der Waals surface area contributed by atoms with Crippen LogP contribution in [0.1, 0.15) is 0 Å². The van der Waals surface area contributed by atoms with Gasteiger partial charge >= 0.3 is 6.03 Å². The predicted octanol–water partition coefficient (Wildman–Crippen LogP) is 1.97. The van der Waals surface area contributed by atoms with Gasteiger partial charge in [-0.25, -0.2) is 9.78 Å². The molecular weight excluding hydrogens is 282 g/mol. The molecule has 7 nitrogen and oxygen atoms in total. The molecule has 0 unspecified atom stereocenters. The van der Waals surface area contributed by atoms with E-state index in [0.717, 1.165) is 6.07 Å². The number of amides is 2. The molecule has 2 rings (SSSR count). The maximum Gasteiger partial charge on any atom is 0.324 e. The third-order valence-corrected chi connectivity index (χ3v) is 3.15. The lowest BCUT2D eigenvalue weighted by Gasteiger charge is -2.07. The van der Waals surface area contributed by atoms with Crippen LogP contribution in [0.4, 0.5) is 16.3 Å². The first kappa shape index (κ1) is 14.0. The van der Waals surface area contributed by atoms with E-state index in [-0.39, 0.29) is 10.6 Å². The number of benzene rings is 1. The number of nitrogens with zero attached hydrogens (tertiary/aromatic N) is 1. The summed E-state index contributed by atoms with van der Waals surface area (Å²) in [5.74, 6) is 0.357. The molecule has 0 saturated heterocycles. The molecule has 2 aromatic rings. The first-order chi connectivity index (χ1) is 9.45. The summed E-state index contributed by atoms with van der Waals surface area (Å²) < 4.78 is 30.9. The number of rotatable bonds is 3. The molecule has 0 atom stereocenters. The van der Waals surface area contributed by atoms with Crippen molar-refractivity contribution in [3.63, 3.8) is 0 Å². The van der Waals surface area contributed by atoms with Crippen LogP contribution < -0.4 is 10.6 Å². The average Bonchev–Trinajstić information content (AvgIpc) is 2.39. The second kappa shape index (κ2) is 5.68. The molecule has 1 aromatic heterocycles. The highest BCUT2D eigenvalue weighted by Gasteiger charge is 2.10. The molecular formula is C12H11N3O4S. The van der Waals surface area contributed by atoms with Crippen molar-refractivity contribution < 1.29 is 17.8 Å². The van der Waals surface area contributed by atoms with Crippen LogP contribution in [-0.2, 0) is 10.1 Å². The van der Waals surface area contributed by atoms with Crippen LogP contribution in [0.5, 0.6) is 0 Å². The lowest BCUT2D eigenvalue weighted by Crippen LogP contribution is -2.20. The fourth-order valence-corrected chi connectivity index (χ4v) is 1.98. The van der Waals surface area contributed by atoms with Gasteiger partial charge in [0.2, 0.25) is 0 Å². The van der Waals surface area contributed by atoms with Crippen LogP contribution in [-0.4, -0.2) is 24.0 Å². The van der Waals surface area contributed by atoms with Gasteiger partial charge in [-0.2, -0.15) is 8.42 Å². The molecule has 0 spiro atoms. The van der Waals surface area contributed by atoms with E-state index in [9.17, 15) is 13.2 Å². The van der Waals surface area contributed by atoms with Crippen molar-refractivity contribution >= 4 is 27.7 Å². The van der Waals surface area contributed by atoms with Crippen molar-refractivity contribution in [3.8, 4) is 0 Å². The fourth-order valence-electron chi connectivity index (χ4n) is 1.45. The first-order valence-electron chi connectivity index (χ1n) is 5.52. The zero-order chi connectivity index (χ0) is 14.6. The summed E-state index contributed by atoms with van der Waals surface area (Å²) in [7, 11) is -4.30. The monoisotopic (exact) mass is 293 g/mol. The van der Waals surface area contributed by atoms with E-state index in [1.165, 1.54) is 24.4 Å². The van der Waals surface area contributed by atoms with Crippen molar-refractivity contribution in [2.24, 2.45) is 0 Å².